The molecule has 1 aromatic carbocycles. The number of carbonyl (C=O) groups excluding carboxylic acids is 1. The number of nitro groups is 1. The standard InChI is InChI=1S/C12H16FN3O3S/c1-7(6-20-3)15-12(17)8-4-10(14-2)9(13)5-11(8)16(18)19/h4-5,7,14H,6H2,1-3H3,(H,15,17). The molecule has 1 atom stereocenters. The summed E-state index contributed by atoms with van der Waals surface area (Å²) in [7, 11) is 1.47. The summed E-state index contributed by atoms with van der Waals surface area (Å²) in [6.07, 6.45) is 1.89. The van der Waals surface area contributed by atoms with E-state index in [2.05, 4.69) is 10.6 Å². The molecule has 0 saturated heterocycles. The lowest BCUT2D eigenvalue weighted by molar-refractivity contribution is -0.385. The normalized spacial score (nSPS) is 11.8. The molecule has 0 heterocycles. The third-order valence-electron chi connectivity index (χ3n) is 2.59. The summed E-state index contributed by atoms with van der Waals surface area (Å²) in [5.41, 5.74) is -0.665. The van der Waals surface area contributed by atoms with E-state index in [1.54, 1.807) is 18.7 Å². The molecule has 1 unspecified atom stereocenters. The maximum Gasteiger partial charge on any atom is 0.285 e. The lowest BCUT2D eigenvalue weighted by atomic mass is 10.1. The van der Waals surface area contributed by atoms with E-state index in [-0.39, 0.29) is 17.3 Å². The minimum atomic E-state index is -0.770. The Morgan fingerprint density at radius 3 is 2.70 bits per heavy atom. The van der Waals surface area contributed by atoms with Crippen molar-refractivity contribution in [2.75, 3.05) is 24.4 Å². The highest BCUT2D eigenvalue weighted by Gasteiger charge is 2.24. The van der Waals surface area contributed by atoms with Crippen LogP contribution in [0.3, 0.4) is 0 Å². The van der Waals surface area contributed by atoms with E-state index >= 15 is 0 Å². The highest BCUT2D eigenvalue weighted by atomic mass is 32.2. The molecule has 20 heavy (non-hydrogen) atoms. The molecule has 2 N–H and O–H groups in total. The van der Waals surface area contributed by atoms with Gasteiger partial charge in [0, 0.05) is 18.8 Å². The summed E-state index contributed by atoms with van der Waals surface area (Å²) in [4.78, 5) is 22.2. The van der Waals surface area contributed by atoms with Crippen molar-refractivity contribution in [3.63, 3.8) is 0 Å². The number of amides is 1. The van der Waals surface area contributed by atoms with Crippen molar-refractivity contribution in [2.45, 2.75) is 13.0 Å². The van der Waals surface area contributed by atoms with Crippen LogP contribution in [0.1, 0.15) is 17.3 Å². The number of nitro benzene ring substituents is 1. The number of benzene rings is 1. The first-order chi connectivity index (χ1) is 9.40. The molecule has 110 valence electrons. The minimum Gasteiger partial charge on any atom is -0.386 e. The van der Waals surface area contributed by atoms with E-state index in [9.17, 15) is 19.3 Å². The topological polar surface area (TPSA) is 84.3 Å². The summed E-state index contributed by atoms with van der Waals surface area (Å²) in [6, 6.07) is 1.76. The highest BCUT2D eigenvalue weighted by molar-refractivity contribution is 7.98. The van der Waals surface area contributed by atoms with E-state index in [4.69, 9.17) is 0 Å². The minimum absolute atomic E-state index is 0.0401. The predicted molar refractivity (Wildman–Crippen MR) is 77.9 cm³/mol. The number of thioether (sulfide) groups is 1. The average Bonchev–Trinajstić information content (AvgIpc) is 2.38. The molecular formula is C12H16FN3O3S. The quantitative estimate of drug-likeness (QED) is 0.622. The molecule has 0 bridgehead atoms. The van der Waals surface area contributed by atoms with Gasteiger partial charge in [-0.3, -0.25) is 14.9 Å². The van der Waals surface area contributed by atoms with E-state index in [1.807, 2.05) is 6.26 Å². The molecule has 1 aromatic rings. The van der Waals surface area contributed by atoms with E-state index < -0.39 is 22.3 Å². The molecule has 0 fully saturated rings. The van der Waals surface area contributed by atoms with Gasteiger partial charge >= 0.3 is 0 Å². The second-order valence-electron chi connectivity index (χ2n) is 4.19. The summed E-state index contributed by atoms with van der Waals surface area (Å²) in [5, 5.41) is 16.1. The monoisotopic (exact) mass is 301 g/mol. The fraction of sp³-hybridized carbons (Fsp3) is 0.417. The average molecular weight is 301 g/mol. The number of carbonyl (C=O) groups is 1. The van der Waals surface area contributed by atoms with E-state index in [0.29, 0.717) is 5.75 Å². The van der Waals surface area contributed by atoms with E-state index in [1.165, 1.54) is 7.05 Å². The molecule has 6 nitrogen and oxygen atoms in total. The van der Waals surface area contributed by atoms with Gasteiger partial charge in [-0.15, -0.1) is 0 Å². The maximum absolute atomic E-state index is 13.5. The molecule has 0 aliphatic heterocycles. The molecule has 8 heteroatoms. The summed E-state index contributed by atoms with van der Waals surface area (Å²) >= 11 is 1.55. The molecule has 0 spiro atoms. The molecular weight excluding hydrogens is 285 g/mol. The maximum atomic E-state index is 13.5. The summed E-state index contributed by atoms with van der Waals surface area (Å²) in [6.45, 7) is 1.79. The predicted octanol–water partition coefficient (Wildman–Crippen LogP) is 2.26. The Kier molecular flexibility index (Phi) is 5.75. The molecule has 0 aromatic heterocycles. The fourth-order valence-electron chi connectivity index (χ4n) is 1.68. The van der Waals surface area contributed by atoms with Crippen LogP contribution in [0.4, 0.5) is 15.8 Å². The summed E-state index contributed by atoms with van der Waals surface area (Å²) in [5.74, 6) is -0.678. The second-order valence-corrected chi connectivity index (χ2v) is 5.10. The van der Waals surface area contributed by atoms with Crippen LogP contribution in [0.25, 0.3) is 0 Å². The van der Waals surface area contributed by atoms with Crippen molar-refractivity contribution in [2.24, 2.45) is 0 Å². The molecule has 0 aliphatic carbocycles. The van der Waals surface area contributed by atoms with Crippen molar-refractivity contribution >= 4 is 29.0 Å². The Morgan fingerprint density at radius 1 is 1.55 bits per heavy atom. The van der Waals surface area contributed by atoms with Gasteiger partial charge in [0.15, 0.2) is 5.82 Å². The molecule has 1 amide bonds. The van der Waals surface area contributed by atoms with Crippen molar-refractivity contribution in [3.05, 3.63) is 33.6 Å². The van der Waals surface area contributed by atoms with Gasteiger partial charge in [0.25, 0.3) is 11.6 Å². The lowest BCUT2D eigenvalue weighted by Crippen LogP contribution is -2.34. The van der Waals surface area contributed by atoms with Crippen molar-refractivity contribution in [3.8, 4) is 0 Å². The molecule has 0 radical (unpaired) electrons. The van der Waals surface area contributed by atoms with E-state index in [0.717, 1.165) is 12.1 Å². The van der Waals surface area contributed by atoms with Gasteiger partial charge in [0.2, 0.25) is 0 Å². The first-order valence-electron chi connectivity index (χ1n) is 5.86. The van der Waals surface area contributed by atoms with Crippen LogP contribution in [0.2, 0.25) is 0 Å². The number of rotatable bonds is 6. The molecule has 1 rings (SSSR count). The third-order valence-corrected chi connectivity index (χ3v) is 3.42. The zero-order valence-corrected chi connectivity index (χ0v) is 12.2. The van der Waals surface area contributed by atoms with Gasteiger partial charge in [-0.1, -0.05) is 0 Å². The zero-order valence-electron chi connectivity index (χ0n) is 11.4. The van der Waals surface area contributed by atoms with Gasteiger partial charge < -0.3 is 10.6 Å². The first-order valence-corrected chi connectivity index (χ1v) is 7.25. The van der Waals surface area contributed by atoms with Crippen molar-refractivity contribution in [1.29, 1.82) is 0 Å². The Bertz CT molecular complexity index is 525. The van der Waals surface area contributed by atoms with Crippen LogP contribution >= 0.6 is 11.8 Å². The number of nitrogens with zero attached hydrogens (tertiary/aromatic N) is 1. The van der Waals surface area contributed by atoms with Gasteiger partial charge in [0.1, 0.15) is 5.56 Å². The van der Waals surface area contributed by atoms with Crippen LogP contribution < -0.4 is 10.6 Å². The van der Waals surface area contributed by atoms with Gasteiger partial charge in [0.05, 0.1) is 16.7 Å². The van der Waals surface area contributed by atoms with Crippen LogP contribution in [0.15, 0.2) is 12.1 Å². The van der Waals surface area contributed by atoms with Crippen molar-refractivity contribution in [1.82, 2.24) is 5.32 Å². The number of hydrogen-bond acceptors (Lipinski definition) is 5. The number of anilines is 1. The second kappa shape index (κ2) is 7.09. The summed E-state index contributed by atoms with van der Waals surface area (Å²) < 4.78 is 13.5. The largest absolute Gasteiger partial charge is 0.386 e. The Balaban J connectivity index is 3.14. The lowest BCUT2D eigenvalue weighted by Gasteiger charge is -2.13. The SMILES string of the molecule is CNc1cc(C(=O)NC(C)CSC)c([N+](=O)[O-])cc1F. The first kappa shape index (κ1) is 16.2. The Hall–Kier alpha value is -1.83. The number of halogens is 1. The smallest absolute Gasteiger partial charge is 0.285 e. The Labute approximate surface area is 120 Å². The van der Waals surface area contributed by atoms with Gasteiger partial charge in [-0.2, -0.15) is 11.8 Å². The van der Waals surface area contributed by atoms with Gasteiger partial charge in [-0.05, 0) is 19.2 Å². The molecule has 0 saturated carbocycles. The van der Waals surface area contributed by atoms with Gasteiger partial charge in [-0.25, -0.2) is 4.39 Å². The Morgan fingerprint density at radius 2 is 2.20 bits per heavy atom. The number of hydrogen-bond donors (Lipinski definition) is 2. The highest BCUT2D eigenvalue weighted by Crippen LogP contribution is 2.26. The van der Waals surface area contributed by atoms with Crippen LogP contribution in [-0.4, -0.2) is 35.9 Å². The number of nitrogens with one attached hydrogen (secondary N) is 2. The third kappa shape index (κ3) is 3.83. The molecule has 0 aliphatic rings. The van der Waals surface area contributed by atoms with Crippen LogP contribution in [0, 0.1) is 15.9 Å². The van der Waals surface area contributed by atoms with Crippen molar-refractivity contribution < 1.29 is 14.1 Å². The van der Waals surface area contributed by atoms with Crippen LogP contribution in [0.5, 0.6) is 0 Å². The fourth-order valence-corrected chi connectivity index (χ4v) is 2.26. The van der Waals surface area contributed by atoms with Crippen LogP contribution in [-0.2, 0) is 0 Å². The zero-order chi connectivity index (χ0) is 15.3.